The number of guanidine groups is 1. The zero-order valence-electron chi connectivity index (χ0n) is 17.4. The molecular weight excluding hydrogens is 350 g/mol. The number of carbonyl (C=O) groups excluding carboxylic acids is 1. The third kappa shape index (κ3) is 6.23. The topological polar surface area (TPSA) is 51.2 Å². The van der Waals surface area contributed by atoms with Gasteiger partial charge in [0, 0.05) is 33.7 Å². The summed E-state index contributed by atoms with van der Waals surface area (Å²) in [5.74, 6) is 1.61. The van der Waals surface area contributed by atoms with Crippen LogP contribution in [0.1, 0.15) is 31.2 Å². The van der Waals surface area contributed by atoms with Crippen LogP contribution < -0.4 is 5.32 Å². The Hall–Kier alpha value is -2.08. The summed E-state index contributed by atoms with van der Waals surface area (Å²) in [6, 6.07) is 10.3. The fourth-order valence-corrected chi connectivity index (χ4v) is 4.01. The van der Waals surface area contributed by atoms with Gasteiger partial charge in [-0.15, -0.1) is 0 Å². The van der Waals surface area contributed by atoms with Gasteiger partial charge in [0.2, 0.25) is 5.91 Å². The second-order valence-corrected chi connectivity index (χ2v) is 8.23. The number of benzene rings is 1. The normalized spacial score (nSPS) is 21.0. The van der Waals surface area contributed by atoms with E-state index < -0.39 is 0 Å². The van der Waals surface area contributed by atoms with Crippen molar-refractivity contribution < 1.29 is 4.79 Å². The molecule has 6 nitrogen and oxygen atoms in total. The molecule has 0 bridgehead atoms. The molecule has 1 N–H and O–H groups in total. The SMILES string of the molecule is CN(C)C(=O)CNC(=NCc1ccccc1)N1CCC(CN2CCCCC2)C1. The molecule has 2 aliphatic heterocycles. The van der Waals surface area contributed by atoms with Crippen molar-refractivity contribution in [1.29, 1.82) is 0 Å². The monoisotopic (exact) mass is 385 g/mol. The first-order valence-corrected chi connectivity index (χ1v) is 10.6. The van der Waals surface area contributed by atoms with E-state index in [2.05, 4.69) is 27.2 Å². The van der Waals surface area contributed by atoms with Crippen molar-refractivity contribution in [1.82, 2.24) is 20.0 Å². The maximum absolute atomic E-state index is 12.0. The highest BCUT2D eigenvalue weighted by Crippen LogP contribution is 2.20. The van der Waals surface area contributed by atoms with Crippen LogP contribution in [0.5, 0.6) is 0 Å². The van der Waals surface area contributed by atoms with Gasteiger partial charge in [0.1, 0.15) is 0 Å². The number of nitrogens with zero attached hydrogens (tertiary/aromatic N) is 4. The molecule has 1 amide bonds. The molecule has 0 aliphatic carbocycles. The van der Waals surface area contributed by atoms with Crippen molar-refractivity contribution in [2.24, 2.45) is 10.9 Å². The van der Waals surface area contributed by atoms with Crippen molar-refractivity contribution in [3.05, 3.63) is 35.9 Å². The molecule has 2 heterocycles. The van der Waals surface area contributed by atoms with Gasteiger partial charge < -0.3 is 20.0 Å². The minimum atomic E-state index is 0.0662. The van der Waals surface area contributed by atoms with Crippen LogP contribution >= 0.6 is 0 Å². The van der Waals surface area contributed by atoms with Gasteiger partial charge in [0.15, 0.2) is 5.96 Å². The zero-order valence-corrected chi connectivity index (χ0v) is 17.4. The molecule has 3 rings (SSSR count). The van der Waals surface area contributed by atoms with E-state index in [0.29, 0.717) is 12.5 Å². The number of piperidine rings is 1. The number of rotatable bonds is 6. The van der Waals surface area contributed by atoms with Gasteiger partial charge in [-0.2, -0.15) is 0 Å². The van der Waals surface area contributed by atoms with Gasteiger partial charge in [-0.05, 0) is 43.8 Å². The van der Waals surface area contributed by atoms with E-state index >= 15 is 0 Å². The number of carbonyl (C=O) groups is 1. The molecule has 0 aromatic heterocycles. The number of nitrogens with one attached hydrogen (secondary N) is 1. The van der Waals surface area contributed by atoms with Gasteiger partial charge >= 0.3 is 0 Å². The fraction of sp³-hybridized carbons (Fsp3) is 0.636. The Labute approximate surface area is 169 Å². The Morgan fingerprint density at radius 1 is 1.14 bits per heavy atom. The highest BCUT2D eigenvalue weighted by atomic mass is 16.2. The lowest BCUT2D eigenvalue weighted by atomic mass is 10.1. The minimum absolute atomic E-state index is 0.0662. The Morgan fingerprint density at radius 2 is 1.89 bits per heavy atom. The molecule has 1 atom stereocenters. The first-order chi connectivity index (χ1) is 13.6. The predicted molar refractivity (Wildman–Crippen MR) is 114 cm³/mol. The highest BCUT2D eigenvalue weighted by Gasteiger charge is 2.27. The molecule has 1 unspecified atom stereocenters. The lowest BCUT2D eigenvalue weighted by Crippen LogP contribution is -2.45. The number of likely N-dealkylation sites (N-methyl/N-ethyl adjacent to an activating group) is 1. The number of hydrogen-bond acceptors (Lipinski definition) is 3. The quantitative estimate of drug-likeness (QED) is 0.601. The van der Waals surface area contributed by atoms with Gasteiger partial charge in [0.05, 0.1) is 13.1 Å². The van der Waals surface area contributed by atoms with Crippen molar-refractivity contribution in [2.45, 2.75) is 32.2 Å². The molecule has 0 radical (unpaired) electrons. The third-order valence-electron chi connectivity index (χ3n) is 5.70. The summed E-state index contributed by atoms with van der Waals surface area (Å²) in [5.41, 5.74) is 1.18. The van der Waals surface area contributed by atoms with Crippen molar-refractivity contribution >= 4 is 11.9 Å². The summed E-state index contributed by atoms with van der Waals surface area (Å²) in [5, 5.41) is 3.31. The van der Waals surface area contributed by atoms with E-state index in [0.717, 1.165) is 19.0 Å². The summed E-state index contributed by atoms with van der Waals surface area (Å²) >= 11 is 0. The standard InChI is InChI=1S/C22H35N5O/c1-25(2)21(28)16-24-22(23-15-19-9-5-3-6-10-19)27-14-11-20(18-27)17-26-12-7-4-8-13-26/h3,5-6,9-10,20H,4,7-8,11-18H2,1-2H3,(H,23,24). The van der Waals surface area contributed by atoms with Crippen LogP contribution in [0.2, 0.25) is 0 Å². The summed E-state index contributed by atoms with van der Waals surface area (Å²) in [7, 11) is 3.57. The van der Waals surface area contributed by atoms with Crippen molar-refractivity contribution in [3.8, 4) is 0 Å². The van der Waals surface area contributed by atoms with Crippen LogP contribution in [0, 0.1) is 5.92 Å². The van der Waals surface area contributed by atoms with Crippen molar-refractivity contribution in [3.63, 3.8) is 0 Å². The predicted octanol–water partition coefficient (Wildman–Crippen LogP) is 2.03. The molecule has 0 spiro atoms. The second kappa shape index (κ2) is 10.5. The van der Waals surface area contributed by atoms with E-state index in [1.807, 2.05) is 18.2 Å². The van der Waals surface area contributed by atoms with E-state index in [9.17, 15) is 4.79 Å². The summed E-state index contributed by atoms with van der Waals surface area (Å²) in [6.07, 6.45) is 5.26. The van der Waals surface area contributed by atoms with Crippen LogP contribution in [-0.2, 0) is 11.3 Å². The highest BCUT2D eigenvalue weighted by molar-refractivity contribution is 5.86. The third-order valence-corrected chi connectivity index (χ3v) is 5.70. The van der Waals surface area contributed by atoms with E-state index in [4.69, 9.17) is 4.99 Å². The molecule has 0 saturated carbocycles. The summed E-state index contributed by atoms with van der Waals surface area (Å²) < 4.78 is 0. The Balaban J connectivity index is 1.59. The number of hydrogen-bond donors (Lipinski definition) is 1. The average Bonchev–Trinajstić information content (AvgIpc) is 3.17. The lowest BCUT2D eigenvalue weighted by Gasteiger charge is -2.29. The fourth-order valence-electron chi connectivity index (χ4n) is 4.01. The molecule has 154 valence electrons. The van der Waals surface area contributed by atoms with Crippen LogP contribution in [-0.4, -0.2) is 79.9 Å². The number of aliphatic imine (C=N–C) groups is 1. The molecule has 2 fully saturated rings. The van der Waals surface area contributed by atoms with Crippen molar-refractivity contribution in [2.75, 3.05) is 53.4 Å². The number of likely N-dealkylation sites (tertiary alicyclic amines) is 2. The second-order valence-electron chi connectivity index (χ2n) is 8.23. The smallest absolute Gasteiger partial charge is 0.241 e. The largest absolute Gasteiger partial charge is 0.347 e. The van der Waals surface area contributed by atoms with Gasteiger partial charge in [0.25, 0.3) is 0 Å². The lowest BCUT2D eigenvalue weighted by molar-refractivity contribution is -0.127. The van der Waals surface area contributed by atoms with Crippen LogP contribution in [0.4, 0.5) is 0 Å². The van der Waals surface area contributed by atoms with Crippen LogP contribution in [0.3, 0.4) is 0 Å². The zero-order chi connectivity index (χ0) is 19.8. The Morgan fingerprint density at radius 3 is 2.61 bits per heavy atom. The van der Waals surface area contributed by atoms with E-state index in [1.54, 1.807) is 19.0 Å². The Bertz CT molecular complexity index is 640. The molecule has 28 heavy (non-hydrogen) atoms. The summed E-state index contributed by atoms with van der Waals surface area (Å²) in [6.45, 7) is 6.64. The van der Waals surface area contributed by atoms with Crippen LogP contribution in [0.25, 0.3) is 0 Å². The van der Waals surface area contributed by atoms with E-state index in [-0.39, 0.29) is 12.5 Å². The molecule has 1 aromatic carbocycles. The molecule has 6 heteroatoms. The molecule has 1 aromatic rings. The van der Waals surface area contributed by atoms with E-state index in [1.165, 1.54) is 50.9 Å². The Kier molecular flexibility index (Phi) is 7.71. The molecule has 2 aliphatic rings. The van der Waals surface area contributed by atoms with Gasteiger partial charge in [-0.25, -0.2) is 4.99 Å². The maximum Gasteiger partial charge on any atom is 0.241 e. The van der Waals surface area contributed by atoms with Gasteiger partial charge in [-0.3, -0.25) is 4.79 Å². The molecular formula is C22H35N5O. The average molecular weight is 386 g/mol. The maximum atomic E-state index is 12.0. The first-order valence-electron chi connectivity index (χ1n) is 10.6. The first kappa shape index (κ1) is 20.6. The van der Waals surface area contributed by atoms with Crippen LogP contribution in [0.15, 0.2) is 35.3 Å². The minimum Gasteiger partial charge on any atom is -0.347 e. The molecule has 2 saturated heterocycles. The summed E-state index contributed by atoms with van der Waals surface area (Å²) in [4.78, 5) is 23.5. The number of amides is 1. The van der Waals surface area contributed by atoms with Gasteiger partial charge in [-0.1, -0.05) is 36.8 Å².